The van der Waals surface area contributed by atoms with Gasteiger partial charge in [0, 0.05) is 10.9 Å². The Bertz CT molecular complexity index is 700. The highest BCUT2D eigenvalue weighted by molar-refractivity contribution is 6.70. The number of carbonyl (C=O) groups excluding carboxylic acids is 2. The average molecular weight is 299 g/mol. The Labute approximate surface area is 127 Å². The number of hydrogen-bond acceptors (Lipinski definition) is 6. The molecule has 0 unspecified atom stereocenters. The van der Waals surface area contributed by atoms with Crippen molar-refractivity contribution in [2.75, 3.05) is 20.1 Å². The van der Waals surface area contributed by atoms with E-state index in [1.807, 2.05) is 24.3 Å². The molecule has 0 radical (unpaired) electrons. The molecule has 112 valence electrons. The second-order valence-electron chi connectivity index (χ2n) is 5.16. The van der Waals surface area contributed by atoms with Crippen molar-refractivity contribution >= 4 is 35.5 Å². The van der Waals surface area contributed by atoms with Crippen molar-refractivity contribution in [2.24, 2.45) is 0 Å². The van der Waals surface area contributed by atoms with Crippen LogP contribution in [0.1, 0.15) is 5.76 Å². The third-order valence-corrected chi connectivity index (χ3v) is 3.30. The minimum absolute atomic E-state index is 0.0129. The van der Waals surface area contributed by atoms with Crippen LogP contribution in [-0.4, -0.2) is 44.1 Å². The van der Waals surface area contributed by atoms with Gasteiger partial charge in [0.15, 0.2) is 0 Å². The minimum Gasteiger partial charge on any atom is -0.494 e. The van der Waals surface area contributed by atoms with Gasteiger partial charge in [0.05, 0.1) is 13.1 Å². The van der Waals surface area contributed by atoms with Gasteiger partial charge < -0.3 is 13.7 Å². The molecule has 1 saturated heterocycles. The van der Waals surface area contributed by atoms with Gasteiger partial charge in [-0.1, -0.05) is 24.8 Å². The summed E-state index contributed by atoms with van der Waals surface area (Å²) in [6.07, 6.45) is 0. The minimum atomic E-state index is -1.17. The molecule has 0 saturated carbocycles. The average Bonchev–Trinajstić information content (AvgIpc) is 2.87. The molecular weight excluding hydrogens is 285 g/mol. The molecule has 0 bridgehead atoms. The highest BCUT2D eigenvalue weighted by atomic mass is 16.6. The fraction of sp³-hybridized carbons (Fsp3) is 0.200. The molecule has 1 aromatic carbocycles. The quantitative estimate of drug-likeness (QED) is 0.783. The predicted molar refractivity (Wildman–Crippen MR) is 80.7 cm³/mol. The Kier molecular flexibility index (Phi) is 3.72. The van der Waals surface area contributed by atoms with Gasteiger partial charge in [0.1, 0.15) is 11.3 Å². The van der Waals surface area contributed by atoms with Gasteiger partial charge in [0.25, 0.3) is 0 Å². The monoisotopic (exact) mass is 299 g/mol. The van der Waals surface area contributed by atoms with E-state index in [1.54, 1.807) is 13.1 Å². The first-order valence-corrected chi connectivity index (χ1v) is 6.78. The van der Waals surface area contributed by atoms with E-state index in [9.17, 15) is 9.59 Å². The van der Waals surface area contributed by atoms with Crippen molar-refractivity contribution in [3.8, 4) is 0 Å². The number of hydrogen-bond donors (Lipinski definition) is 0. The maximum Gasteiger partial charge on any atom is 0.639 e. The van der Waals surface area contributed by atoms with Crippen molar-refractivity contribution < 1.29 is 23.3 Å². The number of furan rings is 1. The number of fused-ring (bicyclic) bond motifs is 1. The van der Waals surface area contributed by atoms with Crippen molar-refractivity contribution in [3.05, 3.63) is 42.7 Å². The smallest absolute Gasteiger partial charge is 0.494 e. The van der Waals surface area contributed by atoms with Crippen molar-refractivity contribution in [3.63, 3.8) is 0 Å². The zero-order valence-corrected chi connectivity index (χ0v) is 12.1. The normalized spacial score (nSPS) is 16.9. The molecule has 2 heterocycles. The van der Waals surface area contributed by atoms with E-state index in [0.717, 1.165) is 5.39 Å². The van der Waals surface area contributed by atoms with Crippen LogP contribution < -0.4 is 0 Å². The molecule has 1 fully saturated rings. The molecule has 1 aromatic heterocycles. The van der Waals surface area contributed by atoms with Crippen molar-refractivity contribution in [1.82, 2.24) is 4.90 Å². The van der Waals surface area contributed by atoms with Gasteiger partial charge in [-0.25, -0.2) is 0 Å². The van der Waals surface area contributed by atoms with E-state index in [2.05, 4.69) is 6.58 Å². The first-order valence-electron chi connectivity index (χ1n) is 6.78. The number of carbonyl (C=O) groups is 2. The van der Waals surface area contributed by atoms with E-state index < -0.39 is 19.1 Å². The van der Waals surface area contributed by atoms with Gasteiger partial charge in [0.2, 0.25) is 0 Å². The second-order valence-corrected chi connectivity index (χ2v) is 5.16. The largest absolute Gasteiger partial charge is 0.639 e. The molecule has 7 heteroatoms. The van der Waals surface area contributed by atoms with Gasteiger partial charge in [-0.15, -0.1) is 0 Å². The maximum absolute atomic E-state index is 11.7. The highest BCUT2D eigenvalue weighted by Gasteiger charge is 2.36. The van der Waals surface area contributed by atoms with Crippen molar-refractivity contribution in [2.45, 2.75) is 0 Å². The van der Waals surface area contributed by atoms with Crippen LogP contribution in [0.4, 0.5) is 0 Å². The number of nitrogens with zero attached hydrogens (tertiary/aromatic N) is 1. The van der Waals surface area contributed by atoms with Gasteiger partial charge in [-0.3, -0.25) is 14.5 Å². The third kappa shape index (κ3) is 2.89. The van der Waals surface area contributed by atoms with Crippen molar-refractivity contribution in [1.29, 1.82) is 0 Å². The molecule has 0 spiro atoms. The Morgan fingerprint density at radius 3 is 2.45 bits per heavy atom. The van der Waals surface area contributed by atoms with E-state index in [4.69, 9.17) is 13.7 Å². The van der Waals surface area contributed by atoms with Crippen LogP contribution in [0.3, 0.4) is 0 Å². The molecule has 6 nitrogen and oxygen atoms in total. The third-order valence-electron chi connectivity index (χ3n) is 3.30. The number of rotatable bonds is 2. The first kappa shape index (κ1) is 14.4. The lowest BCUT2D eigenvalue weighted by Crippen LogP contribution is -2.42. The summed E-state index contributed by atoms with van der Waals surface area (Å²) in [5.41, 5.74) is 0.976. The molecule has 2 aromatic rings. The Morgan fingerprint density at radius 2 is 1.82 bits per heavy atom. The van der Waals surface area contributed by atoms with E-state index in [1.165, 1.54) is 4.90 Å². The Hall–Kier alpha value is -2.54. The van der Waals surface area contributed by atoms with Crippen LogP contribution in [0.15, 0.2) is 41.3 Å². The molecule has 22 heavy (non-hydrogen) atoms. The van der Waals surface area contributed by atoms with Crippen LogP contribution in [0, 0.1) is 0 Å². The molecule has 3 rings (SSSR count). The first-order chi connectivity index (χ1) is 10.5. The maximum atomic E-state index is 11.7. The standard InChI is InChI=1S/C15H14BNO5/c1-10(13-7-11-5-3-4-6-12(11)20-13)16-21-14(18)8-17(2)9-15(19)22-16/h3-7H,1,8-9H2,2H3. The van der Waals surface area contributed by atoms with Crippen LogP contribution in [0.25, 0.3) is 16.4 Å². The molecule has 0 aliphatic carbocycles. The number of benzene rings is 1. The summed E-state index contributed by atoms with van der Waals surface area (Å²) >= 11 is 0. The predicted octanol–water partition coefficient (Wildman–Crippen LogP) is 1.51. The van der Waals surface area contributed by atoms with Crippen LogP contribution in [0.2, 0.25) is 0 Å². The van der Waals surface area contributed by atoms with Gasteiger partial charge in [-0.2, -0.15) is 0 Å². The topological polar surface area (TPSA) is 69.0 Å². The van der Waals surface area contributed by atoms with E-state index in [0.29, 0.717) is 16.8 Å². The summed E-state index contributed by atoms with van der Waals surface area (Å²) in [6, 6.07) is 9.21. The molecule has 0 amide bonds. The summed E-state index contributed by atoms with van der Waals surface area (Å²) in [5, 5.41) is 0.891. The van der Waals surface area contributed by atoms with Crippen LogP contribution in [-0.2, 0) is 18.9 Å². The fourth-order valence-corrected chi connectivity index (χ4v) is 2.23. The van der Waals surface area contributed by atoms with Crippen LogP contribution >= 0.6 is 0 Å². The lowest BCUT2D eigenvalue weighted by molar-refractivity contribution is -0.145. The number of likely N-dealkylation sites (N-methyl/N-ethyl adjacent to an activating group) is 1. The van der Waals surface area contributed by atoms with E-state index in [-0.39, 0.29) is 13.1 Å². The van der Waals surface area contributed by atoms with Crippen LogP contribution in [0.5, 0.6) is 0 Å². The second kappa shape index (κ2) is 5.69. The molecular formula is C15H14BNO5. The summed E-state index contributed by atoms with van der Waals surface area (Å²) in [5.74, 6) is -0.560. The molecule has 1 aliphatic heterocycles. The fourth-order valence-electron chi connectivity index (χ4n) is 2.23. The lowest BCUT2D eigenvalue weighted by Gasteiger charge is -2.22. The molecule has 0 N–H and O–H groups in total. The summed E-state index contributed by atoms with van der Waals surface area (Å²) in [6.45, 7) is 3.87. The summed E-state index contributed by atoms with van der Waals surface area (Å²) in [7, 11) is 0.464. The Balaban J connectivity index is 1.85. The zero-order valence-electron chi connectivity index (χ0n) is 12.1. The van der Waals surface area contributed by atoms with E-state index >= 15 is 0 Å². The summed E-state index contributed by atoms with van der Waals surface area (Å²) in [4.78, 5) is 25.0. The highest BCUT2D eigenvalue weighted by Crippen LogP contribution is 2.26. The lowest BCUT2D eigenvalue weighted by atomic mass is 9.77. The van der Waals surface area contributed by atoms with Gasteiger partial charge >= 0.3 is 19.1 Å². The summed E-state index contributed by atoms with van der Waals surface area (Å²) < 4.78 is 16.0. The van der Waals surface area contributed by atoms with Gasteiger partial charge in [-0.05, 0) is 19.2 Å². The molecule has 0 atom stereocenters. The Morgan fingerprint density at radius 1 is 1.18 bits per heavy atom. The number of para-hydroxylation sites is 1. The molecule has 1 aliphatic rings. The SMILES string of the molecule is C=C(B1OC(=O)CN(C)CC(=O)O1)c1cc2ccccc2o1. The zero-order chi connectivity index (χ0) is 15.7.